The predicted octanol–water partition coefficient (Wildman–Crippen LogP) is 2.30. The van der Waals surface area contributed by atoms with Gasteiger partial charge < -0.3 is 5.32 Å². The third kappa shape index (κ3) is 2.79. The summed E-state index contributed by atoms with van der Waals surface area (Å²) in [5.41, 5.74) is 5.58. The molecule has 0 unspecified atom stereocenters. The Morgan fingerprint density at radius 1 is 1.22 bits per heavy atom. The van der Waals surface area contributed by atoms with Gasteiger partial charge in [0.2, 0.25) is 0 Å². The first-order valence-electron chi connectivity index (χ1n) is 5.97. The van der Waals surface area contributed by atoms with Crippen molar-refractivity contribution in [2.24, 2.45) is 0 Å². The van der Waals surface area contributed by atoms with E-state index in [-0.39, 0.29) is 0 Å². The maximum absolute atomic E-state index is 5.32. The first kappa shape index (κ1) is 12.4. The van der Waals surface area contributed by atoms with Crippen molar-refractivity contribution in [3.05, 3.63) is 52.3 Å². The number of rotatable bonds is 4. The highest BCUT2D eigenvalue weighted by Crippen LogP contribution is 2.09. The van der Waals surface area contributed by atoms with Gasteiger partial charge in [-0.2, -0.15) is 5.10 Å². The van der Waals surface area contributed by atoms with Crippen LogP contribution in [0.15, 0.2) is 24.3 Å². The Balaban J connectivity index is 1.91. The Labute approximate surface area is 108 Å². The molecular weight excluding hydrogens is 222 g/mol. The van der Waals surface area contributed by atoms with E-state index in [1.165, 1.54) is 11.1 Å². The molecule has 1 aromatic carbocycles. The molecular formula is C15H17N3. The van der Waals surface area contributed by atoms with E-state index in [2.05, 4.69) is 33.6 Å². The van der Waals surface area contributed by atoms with Crippen LogP contribution in [0.4, 0.5) is 0 Å². The molecule has 0 amide bonds. The third-order valence-corrected chi connectivity index (χ3v) is 3.03. The average molecular weight is 239 g/mol. The number of hydrogen-bond donors (Lipinski definition) is 2. The lowest BCUT2D eigenvalue weighted by atomic mass is 10.1. The second-order valence-electron chi connectivity index (χ2n) is 4.36. The van der Waals surface area contributed by atoms with E-state index in [0.717, 1.165) is 30.0 Å². The van der Waals surface area contributed by atoms with Gasteiger partial charge in [0.25, 0.3) is 0 Å². The van der Waals surface area contributed by atoms with Crippen LogP contribution in [0.1, 0.15) is 28.1 Å². The molecule has 1 aromatic heterocycles. The number of hydrogen-bond acceptors (Lipinski definition) is 2. The van der Waals surface area contributed by atoms with E-state index in [4.69, 9.17) is 6.42 Å². The molecule has 2 aromatic rings. The first-order valence-corrected chi connectivity index (χ1v) is 5.97. The number of nitrogens with zero attached hydrogens (tertiary/aromatic N) is 1. The minimum atomic E-state index is 0.824. The van der Waals surface area contributed by atoms with Crippen LogP contribution in [0.25, 0.3) is 0 Å². The number of nitrogens with one attached hydrogen (secondary N) is 2. The molecule has 0 bridgehead atoms. The van der Waals surface area contributed by atoms with E-state index in [1.807, 2.05) is 26.0 Å². The predicted molar refractivity (Wildman–Crippen MR) is 73.0 cm³/mol. The standard InChI is InChI=1S/C15H17N3/c1-4-13-5-7-14(8-6-13)9-16-10-15-11(2)17-18-12(15)3/h1,5-8,16H,9-10H2,2-3H3,(H,17,18). The van der Waals surface area contributed by atoms with Crippen LogP contribution in [0.5, 0.6) is 0 Å². The van der Waals surface area contributed by atoms with Gasteiger partial charge in [-0.05, 0) is 31.5 Å². The van der Waals surface area contributed by atoms with E-state index in [1.54, 1.807) is 0 Å². The van der Waals surface area contributed by atoms with Gasteiger partial charge in [0.15, 0.2) is 0 Å². The van der Waals surface area contributed by atoms with Crippen molar-refractivity contribution >= 4 is 0 Å². The molecule has 0 aliphatic carbocycles. The molecule has 0 atom stereocenters. The van der Waals surface area contributed by atoms with Crippen molar-refractivity contribution in [3.63, 3.8) is 0 Å². The maximum atomic E-state index is 5.32. The number of aryl methyl sites for hydroxylation is 2. The van der Waals surface area contributed by atoms with E-state index in [9.17, 15) is 0 Å². The molecule has 0 saturated carbocycles. The molecule has 0 fully saturated rings. The van der Waals surface area contributed by atoms with Crippen molar-refractivity contribution < 1.29 is 0 Å². The summed E-state index contributed by atoms with van der Waals surface area (Å²) in [6, 6.07) is 8.03. The van der Waals surface area contributed by atoms with Crippen LogP contribution in [-0.4, -0.2) is 10.2 Å². The van der Waals surface area contributed by atoms with Crippen molar-refractivity contribution in [3.8, 4) is 12.3 Å². The Hall–Kier alpha value is -2.05. The zero-order chi connectivity index (χ0) is 13.0. The summed E-state index contributed by atoms with van der Waals surface area (Å²) < 4.78 is 0. The molecule has 2 N–H and O–H groups in total. The zero-order valence-corrected chi connectivity index (χ0v) is 10.7. The molecule has 92 valence electrons. The number of aromatic nitrogens is 2. The highest BCUT2D eigenvalue weighted by Gasteiger charge is 2.05. The number of H-pyrrole nitrogens is 1. The average Bonchev–Trinajstić information content (AvgIpc) is 2.71. The molecule has 3 heteroatoms. The highest BCUT2D eigenvalue weighted by molar-refractivity contribution is 5.34. The van der Waals surface area contributed by atoms with Crippen molar-refractivity contribution in [2.45, 2.75) is 26.9 Å². The largest absolute Gasteiger partial charge is 0.308 e. The third-order valence-electron chi connectivity index (χ3n) is 3.03. The van der Waals surface area contributed by atoms with Crippen molar-refractivity contribution in [2.75, 3.05) is 0 Å². The molecule has 1 heterocycles. The topological polar surface area (TPSA) is 40.7 Å². The molecule has 2 rings (SSSR count). The number of terminal acetylenes is 1. The Morgan fingerprint density at radius 2 is 1.94 bits per heavy atom. The summed E-state index contributed by atoms with van der Waals surface area (Å²) in [6.07, 6.45) is 5.32. The quantitative estimate of drug-likeness (QED) is 0.804. The SMILES string of the molecule is C#Cc1ccc(CNCc2c(C)n[nH]c2C)cc1. The summed E-state index contributed by atoms with van der Waals surface area (Å²) in [7, 11) is 0. The number of aromatic amines is 1. The first-order chi connectivity index (χ1) is 8.70. The van der Waals surface area contributed by atoms with Crippen LogP contribution in [0.2, 0.25) is 0 Å². The summed E-state index contributed by atoms with van der Waals surface area (Å²) in [5, 5.41) is 10.6. The molecule has 0 aliphatic rings. The lowest BCUT2D eigenvalue weighted by molar-refractivity contribution is 0.688. The number of benzene rings is 1. The van der Waals surface area contributed by atoms with Gasteiger partial charge in [0, 0.05) is 29.9 Å². The smallest absolute Gasteiger partial charge is 0.0638 e. The lowest BCUT2D eigenvalue weighted by Crippen LogP contribution is -2.13. The lowest BCUT2D eigenvalue weighted by Gasteiger charge is -2.05. The Morgan fingerprint density at radius 3 is 2.50 bits per heavy atom. The van der Waals surface area contributed by atoms with Crippen LogP contribution in [0.3, 0.4) is 0 Å². The molecule has 0 spiro atoms. The molecule has 18 heavy (non-hydrogen) atoms. The molecule has 0 radical (unpaired) electrons. The van der Waals surface area contributed by atoms with Gasteiger partial charge in [-0.15, -0.1) is 6.42 Å². The van der Waals surface area contributed by atoms with Gasteiger partial charge in [0.05, 0.1) is 5.69 Å². The fourth-order valence-electron chi connectivity index (χ4n) is 1.89. The minimum Gasteiger partial charge on any atom is -0.308 e. The fraction of sp³-hybridized carbons (Fsp3) is 0.267. The molecule has 3 nitrogen and oxygen atoms in total. The second-order valence-corrected chi connectivity index (χ2v) is 4.36. The summed E-state index contributed by atoms with van der Waals surface area (Å²) >= 11 is 0. The normalized spacial score (nSPS) is 10.3. The van der Waals surface area contributed by atoms with Gasteiger partial charge >= 0.3 is 0 Å². The van der Waals surface area contributed by atoms with Crippen LogP contribution >= 0.6 is 0 Å². The van der Waals surface area contributed by atoms with Gasteiger partial charge in [-0.25, -0.2) is 0 Å². The van der Waals surface area contributed by atoms with Crippen LogP contribution < -0.4 is 5.32 Å². The summed E-state index contributed by atoms with van der Waals surface area (Å²) in [6.45, 7) is 5.71. The summed E-state index contributed by atoms with van der Waals surface area (Å²) in [5.74, 6) is 2.61. The molecule has 0 aliphatic heterocycles. The Kier molecular flexibility index (Phi) is 3.81. The van der Waals surface area contributed by atoms with Crippen molar-refractivity contribution in [1.29, 1.82) is 0 Å². The second kappa shape index (κ2) is 5.52. The van der Waals surface area contributed by atoms with E-state index in [0.29, 0.717) is 0 Å². The van der Waals surface area contributed by atoms with Gasteiger partial charge in [0.1, 0.15) is 0 Å². The van der Waals surface area contributed by atoms with Crippen LogP contribution in [-0.2, 0) is 13.1 Å². The summed E-state index contributed by atoms with van der Waals surface area (Å²) in [4.78, 5) is 0. The van der Waals surface area contributed by atoms with Crippen molar-refractivity contribution in [1.82, 2.24) is 15.5 Å². The fourth-order valence-corrected chi connectivity index (χ4v) is 1.89. The van der Waals surface area contributed by atoms with E-state index < -0.39 is 0 Å². The van der Waals surface area contributed by atoms with Gasteiger partial charge in [-0.1, -0.05) is 18.1 Å². The maximum Gasteiger partial charge on any atom is 0.0638 e. The van der Waals surface area contributed by atoms with E-state index >= 15 is 0 Å². The zero-order valence-electron chi connectivity index (χ0n) is 10.7. The highest BCUT2D eigenvalue weighted by atomic mass is 15.1. The molecule has 0 saturated heterocycles. The van der Waals surface area contributed by atoms with Crippen LogP contribution in [0, 0.1) is 26.2 Å². The van der Waals surface area contributed by atoms with Gasteiger partial charge in [-0.3, -0.25) is 5.10 Å². The monoisotopic (exact) mass is 239 g/mol. The Bertz CT molecular complexity index is 539. The minimum absolute atomic E-state index is 0.824.